The molecule has 3 aromatic carbocycles. The summed E-state index contributed by atoms with van der Waals surface area (Å²) < 4.78 is 39.7. The van der Waals surface area contributed by atoms with Crippen LogP contribution in [0.5, 0.6) is 0 Å². The van der Waals surface area contributed by atoms with Crippen LogP contribution < -0.4 is 20.9 Å². The molecular formula is C51H62F2N8O4. The molecule has 2 aliphatic rings. The van der Waals surface area contributed by atoms with E-state index in [0.29, 0.717) is 70.1 Å². The summed E-state index contributed by atoms with van der Waals surface area (Å²) in [6.07, 6.45) is 4.30. The lowest BCUT2D eigenvalue weighted by molar-refractivity contribution is -0.121. The second kappa shape index (κ2) is 22.1. The van der Waals surface area contributed by atoms with Gasteiger partial charge in [0.25, 0.3) is 0 Å². The fourth-order valence-corrected chi connectivity index (χ4v) is 8.66. The van der Waals surface area contributed by atoms with Crippen LogP contribution in [0.1, 0.15) is 48.8 Å². The van der Waals surface area contributed by atoms with E-state index in [4.69, 9.17) is 14.5 Å². The number of nitrogens with zero attached hydrogens (tertiary/aromatic N) is 5. The van der Waals surface area contributed by atoms with Crippen LogP contribution in [-0.4, -0.2) is 123 Å². The average molecular weight is 889 g/mol. The standard InChI is InChI=1S/C51H62F2N8O4/c1-35-30-60(44(29-56-35)33-64-5)32-48(62)61-34-51(2,3)49-47(61)28-40(25-36-9-13-41(52)14-10-36)46(58-49)31-59(4)22-24-65-23-21-55-45(27-37-7-6-8-42(53)26-37)50(63)57-43-15-11-38(12-16-43)39-17-19-54-20-18-39/h6-20,26,28,35,44-45,55-56H,21-25,27,29-34H2,1-5H3,(H,57,63)/t35-,44-,45-/m1/s1. The maximum Gasteiger partial charge on any atom is 0.241 e. The van der Waals surface area contributed by atoms with Gasteiger partial charge in [0.15, 0.2) is 0 Å². The first kappa shape index (κ1) is 47.5. The molecule has 65 heavy (non-hydrogen) atoms. The molecular weight excluding hydrogens is 827 g/mol. The molecule has 0 saturated carbocycles. The number of hydrogen-bond donors (Lipinski definition) is 3. The summed E-state index contributed by atoms with van der Waals surface area (Å²) in [6.45, 7) is 11.6. The topological polar surface area (TPSA) is 124 Å². The summed E-state index contributed by atoms with van der Waals surface area (Å²) in [5, 5.41) is 9.85. The van der Waals surface area contributed by atoms with E-state index in [1.165, 1.54) is 24.3 Å². The Morgan fingerprint density at radius 3 is 2.45 bits per heavy atom. The predicted molar refractivity (Wildman–Crippen MR) is 251 cm³/mol. The number of rotatable bonds is 20. The second-order valence-electron chi connectivity index (χ2n) is 18.0. The number of amides is 2. The molecule has 0 bridgehead atoms. The Morgan fingerprint density at radius 2 is 1.71 bits per heavy atom. The van der Waals surface area contributed by atoms with E-state index in [0.717, 1.165) is 52.4 Å². The van der Waals surface area contributed by atoms with Crippen molar-refractivity contribution in [3.63, 3.8) is 0 Å². The molecule has 344 valence electrons. The molecule has 3 atom stereocenters. The zero-order chi connectivity index (χ0) is 45.9. The third-order valence-electron chi connectivity index (χ3n) is 12.2. The molecule has 1 fully saturated rings. The van der Waals surface area contributed by atoms with Crippen LogP contribution in [-0.2, 0) is 43.9 Å². The van der Waals surface area contributed by atoms with Crippen molar-refractivity contribution >= 4 is 23.2 Å². The molecule has 2 aromatic heterocycles. The van der Waals surface area contributed by atoms with Crippen LogP contribution in [0.15, 0.2) is 103 Å². The molecule has 0 unspecified atom stereocenters. The van der Waals surface area contributed by atoms with Gasteiger partial charge in [0.1, 0.15) is 11.6 Å². The summed E-state index contributed by atoms with van der Waals surface area (Å²) >= 11 is 0. The zero-order valence-corrected chi connectivity index (χ0v) is 38.2. The van der Waals surface area contributed by atoms with E-state index >= 15 is 0 Å². The molecule has 1 saturated heterocycles. The summed E-state index contributed by atoms with van der Waals surface area (Å²) in [5.74, 6) is -0.847. The van der Waals surface area contributed by atoms with Gasteiger partial charge < -0.3 is 30.3 Å². The number of methoxy groups -OCH3 is 1. The van der Waals surface area contributed by atoms with E-state index in [9.17, 15) is 18.4 Å². The molecule has 14 heteroatoms. The monoisotopic (exact) mass is 888 g/mol. The van der Waals surface area contributed by atoms with Crippen LogP contribution in [0, 0.1) is 11.6 Å². The van der Waals surface area contributed by atoms with Crippen LogP contribution in [0.4, 0.5) is 20.2 Å². The average Bonchev–Trinajstić information content (AvgIpc) is 3.55. The fraction of sp³-hybridized carbons (Fsp3) is 0.412. The van der Waals surface area contributed by atoms with E-state index in [-0.39, 0.29) is 47.5 Å². The Kier molecular flexibility index (Phi) is 16.2. The molecule has 7 rings (SSSR count). The van der Waals surface area contributed by atoms with Crippen molar-refractivity contribution < 1.29 is 27.8 Å². The van der Waals surface area contributed by atoms with Gasteiger partial charge in [-0.2, -0.15) is 0 Å². The number of carbonyl (C=O) groups excluding carboxylic acids is 2. The number of nitrogens with one attached hydrogen (secondary N) is 3. The molecule has 2 aliphatic heterocycles. The smallest absolute Gasteiger partial charge is 0.241 e. The minimum Gasteiger partial charge on any atom is -0.383 e. The van der Waals surface area contributed by atoms with Crippen LogP contribution in [0.25, 0.3) is 11.1 Å². The number of aromatic nitrogens is 2. The number of likely N-dealkylation sites (N-methyl/N-ethyl adjacent to an activating group) is 1. The number of piperazine rings is 1. The van der Waals surface area contributed by atoms with E-state index in [1.54, 1.807) is 37.7 Å². The molecule has 12 nitrogen and oxygen atoms in total. The summed E-state index contributed by atoms with van der Waals surface area (Å²) in [7, 11) is 3.71. The molecule has 0 aliphatic carbocycles. The summed E-state index contributed by atoms with van der Waals surface area (Å²) in [4.78, 5) is 43.4. The SMILES string of the molecule is COC[C@H]1CN[C@H](C)CN1CC(=O)N1CC(C)(C)c2nc(CN(C)CCOCCN[C@H](Cc3cccc(F)c3)C(=O)Nc3ccc(-c4ccncc4)cc3)c(Cc3ccc(F)cc3)cc21. The van der Waals surface area contributed by atoms with E-state index in [2.05, 4.69) is 57.6 Å². The molecule has 0 spiro atoms. The highest BCUT2D eigenvalue weighted by Gasteiger charge is 2.41. The third-order valence-corrected chi connectivity index (χ3v) is 12.2. The normalized spacial score (nSPS) is 17.6. The molecule has 3 N–H and O–H groups in total. The van der Waals surface area contributed by atoms with Gasteiger partial charge in [0.2, 0.25) is 11.8 Å². The second-order valence-corrected chi connectivity index (χ2v) is 18.0. The molecule has 5 aromatic rings. The van der Waals surface area contributed by atoms with Gasteiger partial charge >= 0.3 is 0 Å². The summed E-state index contributed by atoms with van der Waals surface area (Å²) in [6, 6.07) is 26.1. The van der Waals surface area contributed by atoms with Crippen molar-refractivity contribution in [1.82, 2.24) is 30.4 Å². The highest BCUT2D eigenvalue weighted by molar-refractivity contribution is 5.97. The minimum atomic E-state index is -0.637. The van der Waals surface area contributed by atoms with Crippen LogP contribution in [0.2, 0.25) is 0 Å². The Balaban J connectivity index is 0.974. The first-order valence-electron chi connectivity index (χ1n) is 22.4. The Bertz CT molecular complexity index is 2350. The highest BCUT2D eigenvalue weighted by Crippen LogP contribution is 2.41. The van der Waals surface area contributed by atoms with Gasteiger partial charge in [0.05, 0.1) is 49.5 Å². The lowest BCUT2D eigenvalue weighted by Crippen LogP contribution is -2.59. The lowest BCUT2D eigenvalue weighted by atomic mass is 9.90. The van der Waals surface area contributed by atoms with Crippen molar-refractivity contribution in [2.75, 3.05) is 83.5 Å². The number of benzene rings is 3. The van der Waals surface area contributed by atoms with Gasteiger partial charge in [-0.25, -0.2) is 8.78 Å². The van der Waals surface area contributed by atoms with E-state index < -0.39 is 6.04 Å². The summed E-state index contributed by atoms with van der Waals surface area (Å²) in [5.41, 5.74) is 7.56. The fourth-order valence-electron chi connectivity index (χ4n) is 8.66. The zero-order valence-electron chi connectivity index (χ0n) is 38.2. The van der Waals surface area contributed by atoms with Gasteiger partial charge in [-0.15, -0.1) is 0 Å². The van der Waals surface area contributed by atoms with Crippen molar-refractivity contribution in [3.05, 3.63) is 143 Å². The number of hydrogen-bond acceptors (Lipinski definition) is 10. The third kappa shape index (κ3) is 12.9. The maximum atomic E-state index is 14.2. The van der Waals surface area contributed by atoms with Gasteiger partial charge in [0, 0.05) is 82.0 Å². The Labute approximate surface area is 381 Å². The first-order valence-corrected chi connectivity index (χ1v) is 22.4. The number of fused-ring (bicyclic) bond motifs is 1. The van der Waals surface area contributed by atoms with Crippen LogP contribution >= 0.6 is 0 Å². The number of pyridine rings is 2. The lowest BCUT2D eigenvalue weighted by Gasteiger charge is -2.39. The number of ether oxygens (including phenoxy) is 2. The number of halogens is 2. The molecule has 4 heterocycles. The predicted octanol–water partition coefficient (Wildman–Crippen LogP) is 6.23. The maximum absolute atomic E-state index is 14.2. The van der Waals surface area contributed by atoms with Gasteiger partial charge in [-0.3, -0.25) is 29.4 Å². The highest BCUT2D eigenvalue weighted by atomic mass is 19.1. The Morgan fingerprint density at radius 1 is 0.954 bits per heavy atom. The quantitative estimate of drug-likeness (QED) is 0.0776. The molecule has 0 radical (unpaired) electrons. The van der Waals surface area contributed by atoms with Gasteiger partial charge in [-0.05, 0) is 109 Å². The minimum absolute atomic E-state index is 0.0334. The van der Waals surface area contributed by atoms with Crippen molar-refractivity contribution in [1.29, 1.82) is 0 Å². The van der Waals surface area contributed by atoms with Crippen molar-refractivity contribution in [2.45, 2.75) is 63.7 Å². The van der Waals surface area contributed by atoms with Crippen molar-refractivity contribution in [3.8, 4) is 11.1 Å². The van der Waals surface area contributed by atoms with E-state index in [1.807, 2.05) is 54.4 Å². The van der Waals surface area contributed by atoms with Gasteiger partial charge in [-0.1, -0.05) is 50.2 Å². The largest absolute Gasteiger partial charge is 0.383 e. The van der Waals surface area contributed by atoms with Crippen molar-refractivity contribution in [2.24, 2.45) is 0 Å². The number of anilines is 2. The first-order chi connectivity index (χ1) is 31.3. The number of carbonyl (C=O) groups is 2. The Hall–Kier alpha value is -5.48. The van der Waals surface area contributed by atoms with Crippen LogP contribution in [0.3, 0.4) is 0 Å². The molecule has 2 amide bonds.